The van der Waals surface area contributed by atoms with Crippen LogP contribution in [0.25, 0.3) is 10.9 Å². The lowest BCUT2D eigenvalue weighted by Gasteiger charge is -2.51. The molecule has 0 N–H and O–H groups in total. The number of benzene rings is 1. The molecule has 5 nitrogen and oxygen atoms in total. The smallest absolute Gasteiger partial charge is 0.306 e. The summed E-state index contributed by atoms with van der Waals surface area (Å²) in [6.07, 6.45) is 6.17. The van der Waals surface area contributed by atoms with Crippen molar-refractivity contribution in [3.05, 3.63) is 48.7 Å². The molecule has 28 heavy (non-hydrogen) atoms. The van der Waals surface area contributed by atoms with Crippen molar-refractivity contribution < 1.29 is 14.3 Å². The van der Waals surface area contributed by atoms with Gasteiger partial charge in [0.15, 0.2) is 0 Å². The van der Waals surface area contributed by atoms with Gasteiger partial charge in [-0.15, -0.1) is 6.58 Å². The van der Waals surface area contributed by atoms with Crippen LogP contribution in [0.4, 0.5) is 0 Å². The highest BCUT2D eigenvalue weighted by molar-refractivity contribution is 5.84. The predicted molar refractivity (Wildman–Crippen MR) is 109 cm³/mol. The minimum absolute atomic E-state index is 0.166. The van der Waals surface area contributed by atoms with E-state index in [0.29, 0.717) is 18.3 Å². The Morgan fingerprint density at radius 3 is 2.96 bits per heavy atom. The van der Waals surface area contributed by atoms with Crippen LogP contribution in [0.2, 0.25) is 0 Å². The topological polar surface area (TPSA) is 51.7 Å². The zero-order valence-electron chi connectivity index (χ0n) is 16.6. The zero-order valence-corrected chi connectivity index (χ0v) is 16.6. The number of methoxy groups -OCH3 is 1. The third kappa shape index (κ3) is 3.39. The van der Waals surface area contributed by atoms with E-state index in [9.17, 15) is 4.79 Å². The van der Waals surface area contributed by atoms with E-state index in [-0.39, 0.29) is 18.1 Å². The summed E-state index contributed by atoms with van der Waals surface area (Å²) in [4.78, 5) is 19.3. The number of carbonyl (C=O) groups is 1. The van der Waals surface area contributed by atoms with Crippen LogP contribution < -0.4 is 4.74 Å². The first-order valence-electron chi connectivity index (χ1n) is 10.1. The van der Waals surface area contributed by atoms with Gasteiger partial charge in [-0.3, -0.25) is 14.7 Å². The molecule has 0 radical (unpaired) electrons. The predicted octanol–water partition coefficient (Wildman–Crippen LogP) is 4.13. The van der Waals surface area contributed by atoms with Crippen molar-refractivity contribution in [2.75, 3.05) is 20.2 Å². The fourth-order valence-electron chi connectivity index (χ4n) is 4.79. The Hall–Kier alpha value is -2.40. The number of nitrogens with zero attached hydrogens (tertiary/aromatic N) is 2. The second kappa shape index (κ2) is 7.92. The van der Waals surface area contributed by atoms with Gasteiger partial charge in [0.2, 0.25) is 0 Å². The van der Waals surface area contributed by atoms with Gasteiger partial charge < -0.3 is 9.47 Å². The van der Waals surface area contributed by atoms with Gasteiger partial charge in [0, 0.05) is 30.1 Å². The average Bonchev–Trinajstić information content (AvgIpc) is 2.76. The molecule has 148 valence electrons. The van der Waals surface area contributed by atoms with Crippen molar-refractivity contribution in [1.82, 2.24) is 9.88 Å². The summed E-state index contributed by atoms with van der Waals surface area (Å²) in [6, 6.07) is 8.03. The lowest BCUT2D eigenvalue weighted by Crippen LogP contribution is -2.55. The van der Waals surface area contributed by atoms with Crippen LogP contribution in [0, 0.1) is 11.8 Å². The third-order valence-electron chi connectivity index (χ3n) is 6.34. The molecule has 5 rings (SSSR count). The zero-order chi connectivity index (χ0) is 19.7. The fraction of sp³-hybridized carbons (Fsp3) is 0.478. The Morgan fingerprint density at radius 2 is 2.29 bits per heavy atom. The number of hydrogen-bond acceptors (Lipinski definition) is 5. The van der Waals surface area contributed by atoms with Crippen LogP contribution in [0.15, 0.2) is 43.1 Å². The molecule has 1 aromatic heterocycles. The minimum Gasteiger partial charge on any atom is -0.497 e. The van der Waals surface area contributed by atoms with Gasteiger partial charge in [0.25, 0.3) is 0 Å². The van der Waals surface area contributed by atoms with E-state index in [0.717, 1.165) is 41.7 Å². The van der Waals surface area contributed by atoms with Crippen molar-refractivity contribution in [3.63, 3.8) is 0 Å². The van der Waals surface area contributed by atoms with Gasteiger partial charge in [-0.1, -0.05) is 13.0 Å². The van der Waals surface area contributed by atoms with Crippen LogP contribution >= 0.6 is 0 Å². The molecule has 0 aliphatic carbocycles. The lowest BCUT2D eigenvalue weighted by molar-refractivity contribution is -0.156. The van der Waals surface area contributed by atoms with E-state index < -0.39 is 0 Å². The number of pyridine rings is 1. The van der Waals surface area contributed by atoms with Crippen molar-refractivity contribution in [3.8, 4) is 5.75 Å². The highest BCUT2D eigenvalue weighted by Crippen LogP contribution is 2.43. The van der Waals surface area contributed by atoms with Crippen LogP contribution in [0.3, 0.4) is 0 Å². The number of fused-ring (bicyclic) bond motifs is 4. The number of piperidine rings is 3. The van der Waals surface area contributed by atoms with E-state index in [1.807, 2.05) is 31.2 Å². The second-order valence-electron chi connectivity index (χ2n) is 7.79. The largest absolute Gasteiger partial charge is 0.497 e. The number of hydrogen-bond donors (Lipinski definition) is 0. The normalized spacial score (nSPS) is 27.4. The van der Waals surface area contributed by atoms with Gasteiger partial charge in [-0.05, 0) is 55.5 Å². The minimum atomic E-state index is -0.307. The highest BCUT2D eigenvalue weighted by Gasteiger charge is 2.44. The first kappa shape index (κ1) is 18.9. The van der Waals surface area contributed by atoms with E-state index in [1.54, 1.807) is 13.3 Å². The Kier molecular flexibility index (Phi) is 5.36. The van der Waals surface area contributed by atoms with E-state index in [2.05, 4.69) is 22.5 Å². The maximum absolute atomic E-state index is 12.3. The number of ether oxygens (including phenoxy) is 2. The maximum Gasteiger partial charge on any atom is 0.306 e. The summed E-state index contributed by atoms with van der Waals surface area (Å²) < 4.78 is 11.5. The Balaban J connectivity index is 1.76. The van der Waals surface area contributed by atoms with Gasteiger partial charge in [0.1, 0.15) is 11.9 Å². The SMILES string of the molecule is C=C[C@H]1CN2CC[C@@H]1C[C@@H]2[C@H](OC(=O)CC)c1ccnc2ccc(OC)cc12. The summed E-state index contributed by atoms with van der Waals surface area (Å²) in [7, 11) is 1.66. The maximum atomic E-state index is 12.3. The number of aromatic nitrogens is 1. The standard InChI is InChI=1S/C23H28N2O3/c1-4-15-14-25-11-9-16(15)12-21(25)23(28-22(26)5-2)18-8-10-24-20-7-6-17(27-3)13-19(18)20/h4,6-8,10,13,15-16,21,23H,1,5,9,11-12,14H2,2-3H3/t15-,16+,21+,23+/m0/s1. The number of carbonyl (C=O) groups excluding carboxylic acids is 1. The first-order valence-corrected chi connectivity index (χ1v) is 10.1. The molecule has 5 atom stereocenters. The summed E-state index contributed by atoms with van der Waals surface area (Å²) in [6.45, 7) is 7.90. The van der Waals surface area contributed by atoms with Crippen molar-refractivity contribution >= 4 is 16.9 Å². The molecular formula is C23H28N2O3. The Labute approximate surface area is 166 Å². The average molecular weight is 380 g/mol. The number of esters is 1. The molecule has 2 bridgehead atoms. The van der Waals surface area contributed by atoms with Crippen LogP contribution in [-0.2, 0) is 9.53 Å². The summed E-state index contributed by atoms with van der Waals surface area (Å²) >= 11 is 0. The molecule has 0 amide bonds. The fourth-order valence-corrected chi connectivity index (χ4v) is 4.79. The van der Waals surface area contributed by atoms with Crippen LogP contribution in [0.1, 0.15) is 37.9 Å². The molecule has 1 unspecified atom stereocenters. The van der Waals surface area contributed by atoms with Gasteiger partial charge in [0.05, 0.1) is 18.7 Å². The van der Waals surface area contributed by atoms with E-state index in [4.69, 9.17) is 9.47 Å². The van der Waals surface area contributed by atoms with E-state index in [1.165, 1.54) is 6.42 Å². The molecule has 5 heteroatoms. The molecule has 0 saturated carbocycles. The monoisotopic (exact) mass is 380 g/mol. The Bertz CT molecular complexity index is 881. The van der Waals surface area contributed by atoms with Crippen LogP contribution in [-0.4, -0.2) is 42.1 Å². The number of rotatable bonds is 6. The molecule has 3 aliphatic rings. The first-order chi connectivity index (χ1) is 13.6. The quantitative estimate of drug-likeness (QED) is 0.557. The third-order valence-corrected chi connectivity index (χ3v) is 6.34. The van der Waals surface area contributed by atoms with E-state index >= 15 is 0 Å². The second-order valence-corrected chi connectivity index (χ2v) is 7.79. The molecule has 4 heterocycles. The van der Waals surface area contributed by atoms with Gasteiger partial charge >= 0.3 is 5.97 Å². The lowest BCUT2D eigenvalue weighted by atomic mass is 9.73. The molecule has 3 fully saturated rings. The Morgan fingerprint density at radius 1 is 1.43 bits per heavy atom. The molecule has 2 aromatic rings. The highest BCUT2D eigenvalue weighted by atomic mass is 16.5. The van der Waals surface area contributed by atoms with Gasteiger partial charge in [-0.2, -0.15) is 0 Å². The molecular weight excluding hydrogens is 352 g/mol. The van der Waals surface area contributed by atoms with Crippen molar-refractivity contribution in [2.45, 2.75) is 38.3 Å². The molecule has 3 aliphatic heterocycles. The summed E-state index contributed by atoms with van der Waals surface area (Å²) in [5.41, 5.74) is 1.90. The summed E-state index contributed by atoms with van der Waals surface area (Å²) in [5.74, 6) is 1.75. The molecule has 0 spiro atoms. The molecule has 3 saturated heterocycles. The van der Waals surface area contributed by atoms with Crippen molar-refractivity contribution in [1.29, 1.82) is 0 Å². The van der Waals surface area contributed by atoms with Gasteiger partial charge in [-0.25, -0.2) is 0 Å². The summed E-state index contributed by atoms with van der Waals surface area (Å²) in [5, 5.41) is 0.985. The molecule has 1 aromatic carbocycles. The van der Waals surface area contributed by atoms with Crippen molar-refractivity contribution in [2.24, 2.45) is 11.8 Å². The van der Waals surface area contributed by atoms with Crippen LogP contribution in [0.5, 0.6) is 5.75 Å².